The molecule has 0 heterocycles. The molecule has 0 fully saturated rings. The summed E-state index contributed by atoms with van der Waals surface area (Å²) in [5.41, 5.74) is 0. The van der Waals surface area contributed by atoms with E-state index in [9.17, 15) is 0 Å². The van der Waals surface area contributed by atoms with Gasteiger partial charge in [0.1, 0.15) is 11.4 Å². The Bertz CT molecular complexity index is 103. The van der Waals surface area contributed by atoms with Gasteiger partial charge in [-0.25, -0.2) is 9.47 Å². The van der Waals surface area contributed by atoms with Crippen LogP contribution in [0.3, 0.4) is 0 Å². The summed E-state index contributed by atoms with van der Waals surface area (Å²) in [5.74, 6) is 0. The van der Waals surface area contributed by atoms with Gasteiger partial charge >= 0.3 is 80.9 Å². The Morgan fingerprint density at radius 1 is 1.55 bits per heavy atom. The smallest absolute Gasteiger partial charge is 0.748 e. The SMILES string of the molecule is O=C([O-])O.O=S([O-])OO.[K+].[Na+]. The summed E-state index contributed by atoms with van der Waals surface area (Å²) >= 11 is -2.77. The van der Waals surface area contributed by atoms with E-state index in [2.05, 4.69) is 4.33 Å². The van der Waals surface area contributed by atoms with Gasteiger partial charge in [-0.1, -0.05) is 0 Å². The van der Waals surface area contributed by atoms with E-state index in [1.807, 2.05) is 0 Å². The molecule has 11 heavy (non-hydrogen) atoms. The number of hydrogen-bond acceptors (Lipinski definition) is 6. The van der Waals surface area contributed by atoms with E-state index in [0.29, 0.717) is 0 Å². The summed E-state index contributed by atoms with van der Waals surface area (Å²) < 4.78 is 20.5. The van der Waals surface area contributed by atoms with E-state index in [4.69, 9.17) is 29.0 Å². The van der Waals surface area contributed by atoms with E-state index in [-0.39, 0.29) is 80.9 Å². The van der Waals surface area contributed by atoms with Crippen molar-refractivity contribution >= 4 is 17.5 Å². The zero-order chi connectivity index (χ0) is 7.86. The van der Waals surface area contributed by atoms with Crippen molar-refractivity contribution in [2.45, 2.75) is 0 Å². The van der Waals surface area contributed by atoms with Crippen molar-refractivity contribution in [3.05, 3.63) is 0 Å². The van der Waals surface area contributed by atoms with Gasteiger partial charge in [0.25, 0.3) is 0 Å². The van der Waals surface area contributed by atoms with Crippen molar-refractivity contribution in [3.63, 3.8) is 0 Å². The average molecular weight is 220 g/mol. The van der Waals surface area contributed by atoms with Gasteiger partial charge in [-0.3, -0.25) is 0 Å². The number of hydrogen-bond donors (Lipinski definition) is 2. The standard InChI is InChI=1S/CH2O3.K.Na.H2O4S/c2-1(3)4;;;1-4-5(2)3/h(H2,2,3,4);;;1H,(H,2,3)/q;2*+1;/p-2. The molecule has 7 nitrogen and oxygen atoms in total. The van der Waals surface area contributed by atoms with Gasteiger partial charge in [-0.05, 0) is 0 Å². The summed E-state index contributed by atoms with van der Waals surface area (Å²) in [6, 6.07) is 0. The van der Waals surface area contributed by atoms with Crippen LogP contribution >= 0.6 is 0 Å². The van der Waals surface area contributed by atoms with E-state index in [1.54, 1.807) is 0 Å². The van der Waals surface area contributed by atoms with Crippen LogP contribution in [-0.4, -0.2) is 25.3 Å². The Labute approximate surface area is 129 Å². The molecule has 1 unspecified atom stereocenters. The largest absolute Gasteiger partial charge is 1.00 e. The normalized spacial score (nSPS) is 8.91. The van der Waals surface area contributed by atoms with Gasteiger partial charge in [0.05, 0.1) is 0 Å². The van der Waals surface area contributed by atoms with Gasteiger partial charge in [0.2, 0.25) is 6.16 Å². The van der Waals surface area contributed by atoms with Crippen LogP contribution in [0.1, 0.15) is 0 Å². The van der Waals surface area contributed by atoms with Gasteiger partial charge in [0, 0.05) is 0 Å². The van der Waals surface area contributed by atoms with Crippen molar-refractivity contribution in [1.29, 1.82) is 0 Å². The predicted octanol–water partition coefficient (Wildman–Crippen LogP) is -7.83. The van der Waals surface area contributed by atoms with Crippen LogP contribution in [0, 0.1) is 0 Å². The predicted molar refractivity (Wildman–Crippen MR) is 20.7 cm³/mol. The first-order valence-corrected chi connectivity index (χ1v) is 2.31. The minimum Gasteiger partial charge on any atom is -0.748 e. The summed E-state index contributed by atoms with van der Waals surface area (Å²) in [7, 11) is 0. The first-order valence-electron chi connectivity index (χ1n) is 1.31. The minimum absolute atomic E-state index is 0. The Balaban J connectivity index is -0.0000000383. The minimum atomic E-state index is -2.77. The van der Waals surface area contributed by atoms with Crippen LogP contribution in [0.15, 0.2) is 0 Å². The van der Waals surface area contributed by atoms with Gasteiger partial charge in [-0.15, -0.1) is 4.33 Å². The molecule has 2 N–H and O–H groups in total. The van der Waals surface area contributed by atoms with Crippen molar-refractivity contribution in [2.75, 3.05) is 0 Å². The van der Waals surface area contributed by atoms with Crippen molar-refractivity contribution < 1.29 is 114 Å². The zero-order valence-corrected chi connectivity index (χ0v) is 11.8. The summed E-state index contributed by atoms with van der Waals surface area (Å²) in [6.07, 6.45) is -2.08. The van der Waals surface area contributed by atoms with Crippen LogP contribution in [0.4, 0.5) is 4.79 Å². The Morgan fingerprint density at radius 2 is 1.64 bits per heavy atom. The molecule has 0 rings (SSSR count). The summed E-state index contributed by atoms with van der Waals surface area (Å²) in [4.78, 5) is 8.44. The fourth-order valence-corrected chi connectivity index (χ4v) is 0. The van der Waals surface area contributed by atoms with Crippen LogP contribution < -0.4 is 86.0 Å². The van der Waals surface area contributed by atoms with Crippen LogP contribution in [-0.2, 0) is 15.7 Å². The van der Waals surface area contributed by atoms with E-state index < -0.39 is 17.5 Å². The molecule has 0 aliphatic rings. The molecule has 0 bridgehead atoms. The third-order valence-corrected chi connectivity index (χ3v) is 0.183. The maximum atomic E-state index is 8.90. The van der Waals surface area contributed by atoms with Crippen molar-refractivity contribution in [3.8, 4) is 0 Å². The summed E-state index contributed by atoms with van der Waals surface area (Å²) in [5, 5.41) is 22.3. The molecule has 0 aliphatic carbocycles. The summed E-state index contributed by atoms with van der Waals surface area (Å²) in [6.45, 7) is 0. The Kier molecular flexibility index (Phi) is 37.5. The molecule has 0 spiro atoms. The van der Waals surface area contributed by atoms with E-state index in [0.717, 1.165) is 0 Å². The molecule has 0 aromatic heterocycles. The third kappa shape index (κ3) is 76.1. The molecule has 0 radical (unpaired) electrons. The van der Waals surface area contributed by atoms with Crippen LogP contribution in [0.5, 0.6) is 0 Å². The molecule has 0 saturated carbocycles. The number of carbonyl (C=O) groups is 1. The fraction of sp³-hybridized carbons (Fsp3) is 0. The molecular weight excluding hydrogens is 218 g/mol. The topological polar surface area (TPSA) is 130 Å². The van der Waals surface area contributed by atoms with E-state index >= 15 is 0 Å². The maximum absolute atomic E-state index is 8.90. The monoisotopic (exact) mass is 220 g/mol. The van der Waals surface area contributed by atoms with Gasteiger partial charge in [-0.2, -0.15) is 0 Å². The van der Waals surface area contributed by atoms with Gasteiger partial charge < -0.3 is 19.6 Å². The second kappa shape index (κ2) is 17.9. The fourth-order valence-electron chi connectivity index (χ4n) is 0. The molecule has 10 heteroatoms. The van der Waals surface area contributed by atoms with E-state index in [1.165, 1.54) is 0 Å². The number of carboxylic acid groups (broad SMARTS) is 2. The number of rotatable bonds is 1. The van der Waals surface area contributed by atoms with Gasteiger partial charge in [0.15, 0.2) is 0 Å². The quantitative estimate of drug-likeness (QED) is 0.194. The zero-order valence-electron chi connectivity index (χ0n) is 5.84. The molecule has 0 saturated heterocycles. The van der Waals surface area contributed by atoms with Crippen LogP contribution in [0.2, 0.25) is 0 Å². The Hall–Kier alpha value is 1.94. The molecule has 0 amide bonds. The molecule has 56 valence electrons. The van der Waals surface area contributed by atoms with Crippen molar-refractivity contribution in [2.24, 2.45) is 0 Å². The first-order chi connectivity index (χ1) is 4.00. The Morgan fingerprint density at radius 3 is 1.64 bits per heavy atom. The molecule has 0 aliphatic heterocycles. The molecule has 1 atom stereocenters. The first kappa shape index (κ1) is 23.1. The maximum Gasteiger partial charge on any atom is 1.00 e. The van der Waals surface area contributed by atoms with Crippen LogP contribution in [0.25, 0.3) is 0 Å². The second-order valence-electron chi connectivity index (χ2n) is 0.545. The third-order valence-electron chi connectivity index (χ3n) is 0.0609. The molecule has 0 aromatic rings. The van der Waals surface area contributed by atoms with Crippen molar-refractivity contribution in [1.82, 2.24) is 0 Å². The average Bonchev–Trinajstić information content (AvgIpc) is 1.65. The molecular formula is CH2KNaO7S. The second-order valence-corrected chi connectivity index (χ2v) is 1.10. The molecule has 0 aromatic carbocycles.